The van der Waals surface area contributed by atoms with Gasteiger partial charge in [0, 0.05) is 12.5 Å². The summed E-state index contributed by atoms with van der Waals surface area (Å²) in [6.07, 6.45) is -1.01. The molecule has 1 aromatic carbocycles. The summed E-state index contributed by atoms with van der Waals surface area (Å²) in [5, 5.41) is 21.4. The van der Waals surface area contributed by atoms with Gasteiger partial charge in [0.05, 0.1) is 0 Å². The van der Waals surface area contributed by atoms with E-state index in [0.717, 1.165) is 5.56 Å². The van der Waals surface area contributed by atoms with Crippen LogP contribution in [0.1, 0.15) is 38.3 Å². The Labute approximate surface area is 142 Å². The number of aliphatic hydroxyl groups excluding tert-OH is 1. The van der Waals surface area contributed by atoms with Crippen molar-refractivity contribution in [1.29, 1.82) is 0 Å². The first-order chi connectivity index (χ1) is 10.3. The lowest BCUT2D eigenvalue weighted by Crippen LogP contribution is -2.46. The Morgan fingerprint density at radius 3 is 2.22 bits per heavy atom. The average molecular weight is 345 g/mol. The predicted octanol–water partition coefficient (Wildman–Crippen LogP) is 1.47. The maximum atomic E-state index is 11.9. The summed E-state index contributed by atoms with van der Waals surface area (Å²) < 4.78 is 0. The van der Waals surface area contributed by atoms with E-state index in [4.69, 9.17) is 10.8 Å². The van der Waals surface area contributed by atoms with Crippen LogP contribution in [0, 0.1) is 5.92 Å². The molecule has 0 aromatic heterocycles. The highest BCUT2D eigenvalue weighted by molar-refractivity contribution is 5.86. The number of nitrogens with one attached hydrogen (secondary N) is 1. The van der Waals surface area contributed by atoms with Crippen molar-refractivity contribution in [2.24, 2.45) is 11.7 Å². The molecule has 0 aliphatic heterocycles. The molecule has 0 fully saturated rings. The van der Waals surface area contributed by atoms with Crippen LogP contribution in [0.3, 0.4) is 0 Å². The molecule has 0 bridgehead atoms. The van der Waals surface area contributed by atoms with E-state index in [-0.39, 0.29) is 24.7 Å². The molecule has 3 atom stereocenters. The second kappa shape index (κ2) is 10.2. The minimum atomic E-state index is -1.34. The van der Waals surface area contributed by atoms with Gasteiger partial charge in [0.2, 0.25) is 5.91 Å². The van der Waals surface area contributed by atoms with Gasteiger partial charge in [-0.3, -0.25) is 4.79 Å². The number of aliphatic hydroxyl groups is 1. The molecule has 1 aromatic rings. The third kappa shape index (κ3) is 7.45. The van der Waals surface area contributed by atoms with Gasteiger partial charge in [-0.2, -0.15) is 0 Å². The number of carboxylic acid groups (broad SMARTS) is 1. The van der Waals surface area contributed by atoms with Gasteiger partial charge in [-0.15, -0.1) is 12.4 Å². The van der Waals surface area contributed by atoms with E-state index in [1.165, 1.54) is 0 Å². The van der Waals surface area contributed by atoms with E-state index < -0.39 is 30.1 Å². The normalized spacial score (nSPS) is 14.5. The Kier molecular flexibility index (Phi) is 9.48. The van der Waals surface area contributed by atoms with E-state index in [0.29, 0.717) is 6.42 Å². The molecule has 130 valence electrons. The Morgan fingerprint density at radius 2 is 1.74 bits per heavy atom. The van der Waals surface area contributed by atoms with Gasteiger partial charge in [-0.05, 0) is 17.9 Å². The number of hydrogen-bond donors (Lipinski definition) is 4. The third-order valence-corrected chi connectivity index (χ3v) is 3.33. The van der Waals surface area contributed by atoms with Gasteiger partial charge >= 0.3 is 5.97 Å². The molecule has 1 rings (SSSR count). The molecule has 0 aliphatic carbocycles. The lowest BCUT2D eigenvalue weighted by atomic mass is 10.00. The van der Waals surface area contributed by atoms with E-state index in [2.05, 4.69) is 5.32 Å². The Morgan fingerprint density at radius 1 is 1.17 bits per heavy atom. The molecular formula is C16H25ClN2O4. The second-order valence-corrected chi connectivity index (χ2v) is 5.80. The van der Waals surface area contributed by atoms with Gasteiger partial charge in [-0.25, -0.2) is 4.79 Å². The van der Waals surface area contributed by atoms with Gasteiger partial charge in [0.15, 0.2) is 0 Å². The summed E-state index contributed by atoms with van der Waals surface area (Å²) in [4.78, 5) is 23.0. The highest BCUT2D eigenvalue weighted by Crippen LogP contribution is 2.15. The number of carbonyl (C=O) groups excluding carboxylic acids is 1. The SMILES string of the molecule is CC(C)C[C@H](NC(=O)C(O)CC(N)c1ccccc1)C(=O)O.Cl. The molecule has 23 heavy (non-hydrogen) atoms. The molecule has 7 heteroatoms. The number of carboxylic acids is 1. The number of carbonyl (C=O) groups is 2. The first kappa shape index (κ1) is 21.4. The van der Waals surface area contributed by atoms with Gasteiger partial charge in [0.25, 0.3) is 0 Å². The van der Waals surface area contributed by atoms with Crippen molar-refractivity contribution in [1.82, 2.24) is 5.32 Å². The highest BCUT2D eigenvalue weighted by Gasteiger charge is 2.26. The van der Waals surface area contributed by atoms with Crippen molar-refractivity contribution in [3.8, 4) is 0 Å². The van der Waals surface area contributed by atoms with Crippen LogP contribution in [0.4, 0.5) is 0 Å². The van der Waals surface area contributed by atoms with Crippen molar-refractivity contribution < 1.29 is 19.8 Å². The lowest BCUT2D eigenvalue weighted by molar-refractivity contribution is -0.144. The molecular weight excluding hydrogens is 320 g/mol. The Balaban J connectivity index is 0.00000484. The smallest absolute Gasteiger partial charge is 0.326 e. The van der Waals surface area contributed by atoms with Crippen molar-refractivity contribution in [2.45, 2.75) is 44.9 Å². The lowest BCUT2D eigenvalue weighted by Gasteiger charge is -2.20. The summed E-state index contributed by atoms with van der Waals surface area (Å²) in [5.74, 6) is -1.70. The van der Waals surface area contributed by atoms with Crippen LogP contribution in [0.5, 0.6) is 0 Å². The monoisotopic (exact) mass is 344 g/mol. The summed E-state index contributed by atoms with van der Waals surface area (Å²) in [6, 6.07) is 7.63. The predicted molar refractivity (Wildman–Crippen MR) is 90.3 cm³/mol. The second-order valence-electron chi connectivity index (χ2n) is 5.80. The zero-order valence-electron chi connectivity index (χ0n) is 13.3. The largest absolute Gasteiger partial charge is 0.480 e. The quantitative estimate of drug-likeness (QED) is 0.570. The number of amides is 1. The molecule has 0 radical (unpaired) electrons. The maximum absolute atomic E-state index is 11.9. The zero-order chi connectivity index (χ0) is 16.7. The van der Waals surface area contributed by atoms with Gasteiger partial charge in [-0.1, -0.05) is 44.2 Å². The molecule has 2 unspecified atom stereocenters. The van der Waals surface area contributed by atoms with Gasteiger partial charge < -0.3 is 21.3 Å². The van der Waals surface area contributed by atoms with Crippen LogP contribution < -0.4 is 11.1 Å². The van der Waals surface area contributed by atoms with E-state index in [9.17, 15) is 14.7 Å². The van der Waals surface area contributed by atoms with Crippen LogP contribution in [-0.2, 0) is 9.59 Å². The molecule has 6 nitrogen and oxygen atoms in total. The van der Waals surface area contributed by atoms with Crippen LogP contribution >= 0.6 is 12.4 Å². The summed E-state index contributed by atoms with van der Waals surface area (Å²) >= 11 is 0. The summed E-state index contributed by atoms with van der Waals surface area (Å²) in [7, 11) is 0. The topological polar surface area (TPSA) is 113 Å². The number of hydrogen-bond acceptors (Lipinski definition) is 4. The molecule has 5 N–H and O–H groups in total. The van der Waals surface area contributed by atoms with Crippen molar-refractivity contribution in [3.05, 3.63) is 35.9 Å². The molecule has 0 heterocycles. The summed E-state index contributed by atoms with van der Waals surface area (Å²) in [6.45, 7) is 3.73. The molecule has 0 spiro atoms. The third-order valence-electron chi connectivity index (χ3n) is 3.33. The van der Waals surface area contributed by atoms with Crippen LogP contribution in [0.2, 0.25) is 0 Å². The highest BCUT2D eigenvalue weighted by atomic mass is 35.5. The minimum absolute atomic E-state index is 0. The molecule has 0 saturated heterocycles. The number of nitrogens with two attached hydrogens (primary N) is 1. The summed E-state index contributed by atoms with van der Waals surface area (Å²) in [5.41, 5.74) is 6.76. The standard InChI is InChI=1S/C16H24N2O4.ClH/c1-10(2)8-13(16(21)22)18-15(20)14(19)9-12(17)11-6-4-3-5-7-11;/h3-7,10,12-14,19H,8-9,17H2,1-2H3,(H,18,20)(H,21,22);1H/t12?,13-,14?;/m0./s1. The number of aliphatic carboxylic acids is 1. The first-order valence-electron chi connectivity index (χ1n) is 7.33. The van der Waals surface area contributed by atoms with Crippen LogP contribution in [0.15, 0.2) is 30.3 Å². The van der Waals surface area contributed by atoms with Crippen molar-refractivity contribution in [3.63, 3.8) is 0 Å². The van der Waals surface area contributed by atoms with Crippen LogP contribution in [0.25, 0.3) is 0 Å². The number of halogens is 1. The molecule has 0 saturated carbocycles. The van der Waals surface area contributed by atoms with Crippen LogP contribution in [-0.4, -0.2) is 34.2 Å². The fourth-order valence-corrected chi connectivity index (χ4v) is 2.14. The number of benzene rings is 1. The Hall–Kier alpha value is -1.63. The van der Waals surface area contributed by atoms with E-state index in [1.54, 1.807) is 0 Å². The fraction of sp³-hybridized carbons (Fsp3) is 0.500. The van der Waals surface area contributed by atoms with E-state index in [1.807, 2.05) is 44.2 Å². The average Bonchev–Trinajstić information content (AvgIpc) is 2.46. The zero-order valence-corrected chi connectivity index (χ0v) is 14.1. The minimum Gasteiger partial charge on any atom is -0.480 e. The molecule has 0 aliphatic rings. The van der Waals surface area contributed by atoms with Crippen molar-refractivity contribution in [2.75, 3.05) is 0 Å². The molecule has 1 amide bonds. The van der Waals surface area contributed by atoms with Gasteiger partial charge in [0.1, 0.15) is 12.1 Å². The Bertz CT molecular complexity index is 496. The van der Waals surface area contributed by atoms with E-state index >= 15 is 0 Å². The number of rotatable bonds is 8. The first-order valence-corrected chi connectivity index (χ1v) is 7.33. The maximum Gasteiger partial charge on any atom is 0.326 e. The fourth-order valence-electron chi connectivity index (χ4n) is 2.14. The van der Waals surface area contributed by atoms with Crippen molar-refractivity contribution >= 4 is 24.3 Å².